The van der Waals surface area contributed by atoms with Gasteiger partial charge in [-0.05, 0) is 44.2 Å². The Kier molecular flexibility index (Phi) is 4.76. The Morgan fingerprint density at radius 3 is 2.91 bits per heavy atom. The second-order valence-electron chi connectivity index (χ2n) is 6.11. The molecule has 1 aromatic heterocycles. The van der Waals surface area contributed by atoms with E-state index in [9.17, 15) is 4.79 Å². The molecule has 1 N–H and O–H groups in total. The number of benzene rings is 1. The number of rotatable bonds is 4. The van der Waals surface area contributed by atoms with Gasteiger partial charge in [-0.1, -0.05) is 24.3 Å². The number of aryl methyl sites for hydroxylation is 3. The predicted octanol–water partition coefficient (Wildman–Crippen LogP) is 3.79. The number of fused-ring (bicyclic) bond motifs is 1. The average Bonchev–Trinajstić information content (AvgIpc) is 2.79. The van der Waals surface area contributed by atoms with E-state index in [4.69, 9.17) is 0 Å². The molecular weight excluding hydrogens is 306 g/mol. The van der Waals surface area contributed by atoms with Crippen LogP contribution in [0.1, 0.15) is 40.6 Å². The molecule has 1 aliphatic carbocycles. The molecule has 0 bridgehead atoms. The lowest BCUT2D eigenvalue weighted by Crippen LogP contribution is -2.17. The number of aromatic nitrogens is 2. The van der Waals surface area contributed by atoms with Crippen molar-refractivity contribution in [2.24, 2.45) is 7.05 Å². The van der Waals surface area contributed by atoms with Crippen LogP contribution < -0.4 is 5.32 Å². The van der Waals surface area contributed by atoms with Gasteiger partial charge in [0.2, 0.25) is 5.91 Å². The predicted molar refractivity (Wildman–Crippen MR) is 95.9 cm³/mol. The maximum atomic E-state index is 12.3. The number of carbonyl (C=O) groups is 1. The fraction of sp³-hybridized carbons (Fsp3) is 0.444. The van der Waals surface area contributed by atoms with Crippen molar-refractivity contribution in [2.75, 3.05) is 11.1 Å². The van der Waals surface area contributed by atoms with Crippen molar-refractivity contribution in [3.63, 3.8) is 0 Å². The number of thioether (sulfide) groups is 1. The third kappa shape index (κ3) is 3.44. The van der Waals surface area contributed by atoms with Crippen molar-refractivity contribution in [2.45, 2.75) is 38.4 Å². The number of hydrogen-bond acceptors (Lipinski definition) is 3. The van der Waals surface area contributed by atoms with Gasteiger partial charge in [0, 0.05) is 12.3 Å². The first-order chi connectivity index (χ1) is 11.1. The van der Waals surface area contributed by atoms with Crippen LogP contribution in [0.25, 0.3) is 0 Å². The Balaban J connectivity index is 1.62. The lowest BCUT2D eigenvalue weighted by Gasteiger charge is -2.24. The molecule has 0 saturated carbocycles. The molecule has 0 saturated heterocycles. The highest BCUT2D eigenvalue weighted by atomic mass is 32.2. The lowest BCUT2D eigenvalue weighted by atomic mass is 9.91. The van der Waals surface area contributed by atoms with E-state index < -0.39 is 0 Å². The van der Waals surface area contributed by atoms with Crippen LogP contribution in [-0.2, 0) is 18.3 Å². The summed E-state index contributed by atoms with van der Waals surface area (Å²) in [7, 11) is 1.89. The van der Waals surface area contributed by atoms with Crippen LogP contribution in [-0.4, -0.2) is 21.4 Å². The smallest absolute Gasteiger partial charge is 0.234 e. The van der Waals surface area contributed by atoms with Gasteiger partial charge in [0.1, 0.15) is 0 Å². The highest BCUT2D eigenvalue weighted by Crippen LogP contribution is 2.39. The summed E-state index contributed by atoms with van der Waals surface area (Å²) in [5.41, 5.74) is 5.55. The molecule has 0 radical (unpaired) electrons. The van der Waals surface area contributed by atoms with Gasteiger partial charge in [0.15, 0.2) is 0 Å². The molecule has 5 heteroatoms. The molecule has 23 heavy (non-hydrogen) atoms. The number of carbonyl (C=O) groups excluding carboxylic acids is 1. The largest absolute Gasteiger partial charge is 0.322 e. The van der Waals surface area contributed by atoms with Gasteiger partial charge < -0.3 is 5.32 Å². The topological polar surface area (TPSA) is 46.9 Å². The Morgan fingerprint density at radius 1 is 1.39 bits per heavy atom. The third-order valence-electron chi connectivity index (χ3n) is 4.50. The van der Waals surface area contributed by atoms with Crippen LogP contribution in [0.5, 0.6) is 0 Å². The van der Waals surface area contributed by atoms with E-state index in [0.717, 1.165) is 29.9 Å². The van der Waals surface area contributed by atoms with Crippen molar-refractivity contribution in [1.82, 2.24) is 9.78 Å². The minimum absolute atomic E-state index is 0.0530. The van der Waals surface area contributed by atoms with E-state index in [1.807, 2.05) is 20.9 Å². The first-order valence-corrected chi connectivity index (χ1v) is 9.10. The molecule has 0 spiro atoms. The first kappa shape index (κ1) is 16.1. The van der Waals surface area contributed by atoms with Crippen LogP contribution in [0.4, 0.5) is 5.69 Å². The van der Waals surface area contributed by atoms with E-state index in [2.05, 4.69) is 34.7 Å². The molecule has 1 atom stereocenters. The Morgan fingerprint density at radius 2 is 2.17 bits per heavy atom. The van der Waals surface area contributed by atoms with Crippen molar-refractivity contribution in [3.8, 4) is 0 Å². The standard InChI is InChI=1S/C18H23N3OS/c1-12-18(13(2)21(3)20-12)19-17(22)11-23-16-10-6-8-14-7-4-5-9-15(14)16/h4-5,7,9,16H,6,8,10-11H2,1-3H3,(H,19,22)/t16-/m0/s1. The van der Waals surface area contributed by atoms with Gasteiger partial charge in [0.05, 0.1) is 22.8 Å². The van der Waals surface area contributed by atoms with Crippen LogP contribution >= 0.6 is 11.8 Å². The zero-order valence-electron chi connectivity index (χ0n) is 13.9. The minimum atomic E-state index is 0.0530. The maximum Gasteiger partial charge on any atom is 0.234 e. The molecule has 0 unspecified atom stereocenters. The molecule has 1 heterocycles. The average molecular weight is 329 g/mol. The number of hydrogen-bond donors (Lipinski definition) is 1. The number of nitrogens with zero attached hydrogens (tertiary/aromatic N) is 2. The number of nitrogens with one attached hydrogen (secondary N) is 1. The van der Waals surface area contributed by atoms with E-state index in [-0.39, 0.29) is 5.91 Å². The summed E-state index contributed by atoms with van der Waals surface area (Å²) < 4.78 is 1.80. The second kappa shape index (κ2) is 6.79. The van der Waals surface area contributed by atoms with Gasteiger partial charge in [-0.25, -0.2) is 0 Å². The van der Waals surface area contributed by atoms with Gasteiger partial charge in [0.25, 0.3) is 0 Å². The SMILES string of the molecule is Cc1nn(C)c(C)c1NC(=O)CS[C@H]1CCCc2ccccc21. The summed E-state index contributed by atoms with van der Waals surface area (Å²) in [6.07, 6.45) is 3.52. The van der Waals surface area contributed by atoms with Gasteiger partial charge in [-0.3, -0.25) is 9.48 Å². The Hall–Kier alpha value is -1.75. The number of anilines is 1. The fourth-order valence-electron chi connectivity index (χ4n) is 3.19. The third-order valence-corrected chi connectivity index (χ3v) is 5.82. The molecule has 1 aliphatic rings. The van der Waals surface area contributed by atoms with Gasteiger partial charge >= 0.3 is 0 Å². The summed E-state index contributed by atoms with van der Waals surface area (Å²) in [4.78, 5) is 12.3. The Labute approximate surface area is 141 Å². The van der Waals surface area contributed by atoms with Crippen LogP contribution in [0, 0.1) is 13.8 Å². The summed E-state index contributed by atoms with van der Waals surface area (Å²) >= 11 is 1.75. The summed E-state index contributed by atoms with van der Waals surface area (Å²) in [6.45, 7) is 3.90. The van der Waals surface area contributed by atoms with Gasteiger partial charge in [-0.15, -0.1) is 11.8 Å². The van der Waals surface area contributed by atoms with Crippen molar-refractivity contribution in [3.05, 3.63) is 46.8 Å². The van der Waals surface area contributed by atoms with E-state index in [1.165, 1.54) is 17.5 Å². The lowest BCUT2D eigenvalue weighted by molar-refractivity contribution is -0.113. The van der Waals surface area contributed by atoms with Crippen molar-refractivity contribution in [1.29, 1.82) is 0 Å². The fourth-order valence-corrected chi connectivity index (χ4v) is 4.36. The monoisotopic (exact) mass is 329 g/mol. The maximum absolute atomic E-state index is 12.3. The molecular formula is C18H23N3OS. The highest BCUT2D eigenvalue weighted by molar-refractivity contribution is 8.00. The van der Waals surface area contributed by atoms with Crippen LogP contribution in [0.15, 0.2) is 24.3 Å². The molecule has 0 fully saturated rings. The molecule has 0 aliphatic heterocycles. The van der Waals surface area contributed by atoms with Crippen molar-refractivity contribution < 1.29 is 4.79 Å². The normalized spacial score (nSPS) is 16.9. The van der Waals surface area contributed by atoms with E-state index in [1.54, 1.807) is 16.4 Å². The number of amides is 1. The van der Waals surface area contributed by atoms with E-state index >= 15 is 0 Å². The molecule has 4 nitrogen and oxygen atoms in total. The highest BCUT2D eigenvalue weighted by Gasteiger charge is 2.21. The second-order valence-corrected chi connectivity index (χ2v) is 7.30. The van der Waals surface area contributed by atoms with Crippen LogP contribution in [0.2, 0.25) is 0 Å². The Bertz CT molecular complexity index is 723. The van der Waals surface area contributed by atoms with Crippen LogP contribution in [0.3, 0.4) is 0 Å². The molecule has 3 rings (SSSR count). The molecule has 1 amide bonds. The molecule has 122 valence electrons. The summed E-state index contributed by atoms with van der Waals surface area (Å²) in [6, 6.07) is 8.62. The molecule has 1 aromatic carbocycles. The van der Waals surface area contributed by atoms with Gasteiger partial charge in [-0.2, -0.15) is 5.10 Å². The summed E-state index contributed by atoms with van der Waals surface area (Å²) in [5, 5.41) is 7.79. The zero-order valence-corrected chi connectivity index (χ0v) is 14.7. The molecule has 2 aromatic rings. The minimum Gasteiger partial charge on any atom is -0.322 e. The van der Waals surface area contributed by atoms with E-state index in [0.29, 0.717) is 11.0 Å². The summed E-state index contributed by atoms with van der Waals surface area (Å²) in [5.74, 6) is 0.532. The first-order valence-electron chi connectivity index (χ1n) is 8.05. The zero-order chi connectivity index (χ0) is 16.4. The quantitative estimate of drug-likeness (QED) is 0.928. The van der Waals surface area contributed by atoms with Crippen molar-refractivity contribution >= 4 is 23.4 Å².